The van der Waals surface area contributed by atoms with E-state index in [0.29, 0.717) is 6.54 Å². The number of ketones is 1. The molecule has 0 spiro atoms. The van der Waals surface area contributed by atoms with Gasteiger partial charge >= 0.3 is 0 Å². The monoisotopic (exact) mass is 218 g/mol. The van der Waals surface area contributed by atoms with Gasteiger partial charge < -0.3 is 10.3 Å². The molecule has 2 N–H and O–H groups in total. The number of rotatable bonds is 1. The summed E-state index contributed by atoms with van der Waals surface area (Å²) >= 11 is 1.68. The van der Waals surface area contributed by atoms with Gasteiger partial charge in [0.15, 0.2) is 5.78 Å². The Hall–Kier alpha value is -1.39. The lowest BCUT2D eigenvalue weighted by molar-refractivity contribution is 0.0982. The molecule has 0 atom stereocenters. The Morgan fingerprint density at radius 2 is 2.27 bits per heavy atom. The van der Waals surface area contributed by atoms with Crippen LogP contribution in [-0.4, -0.2) is 17.3 Å². The van der Waals surface area contributed by atoms with E-state index in [9.17, 15) is 4.79 Å². The first-order valence-electron chi connectivity index (χ1n) is 4.84. The molecule has 0 unspecified atom stereocenters. The molecular formula is C11H10N2OS. The topological polar surface area (TPSA) is 44.9 Å². The third-order valence-electron chi connectivity index (χ3n) is 2.57. The molecule has 1 aliphatic rings. The highest BCUT2D eigenvalue weighted by Gasteiger charge is 2.19. The molecule has 15 heavy (non-hydrogen) atoms. The summed E-state index contributed by atoms with van der Waals surface area (Å²) in [6.45, 7) is 1.21. The van der Waals surface area contributed by atoms with Gasteiger partial charge in [0.2, 0.25) is 0 Å². The van der Waals surface area contributed by atoms with Crippen LogP contribution in [-0.2, 0) is 6.54 Å². The van der Waals surface area contributed by atoms with E-state index in [0.717, 1.165) is 23.5 Å². The largest absolute Gasteiger partial charge is 0.356 e. The van der Waals surface area contributed by atoms with E-state index in [1.54, 1.807) is 11.3 Å². The molecule has 0 saturated heterocycles. The van der Waals surface area contributed by atoms with Crippen molar-refractivity contribution in [2.75, 3.05) is 6.54 Å². The third kappa shape index (κ3) is 1.42. The van der Waals surface area contributed by atoms with Gasteiger partial charge in [-0.3, -0.25) is 4.79 Å². The lowest BCUT2D eigenvalue weighted by Crippen LogP contribution is -2.29. The first-order valence-corrected chi connectivity index (χ1v) is 5.72. The fourth-order valence-electron chi connectivity index (χ4n) is 1.85. The lowest BCUT2D eigenvalue weighted by atomic mass is 10.1. The van der Waals surface area contributed by atoms with Gasteiger partial charge in [-0.25, -0.2) is 0 Å². The molecule has 2 aromatic heterocycles. The van der Waals surface area contributed by atoms with E-state index >= 15 is 0 Å². The van der Waals surface area contributed by atoms with Crippen LogP contribution in [0.25, 0.3) is 10.6 Å². The molecule has 4 heteroatoms. The Bertz CT molecular complexity index is 499. The molecule has 0 bridgehead atoms. The van der Waals surface area contributed by atoms with Crippen LogP contribution in [0.4, 0.5) is 0 Å². The zero-order chi connectivity index (χ0) is 10.3. The second-order valence-electron chi connectivity index (χ2n) is 3.58. The van der Waals surface area contributed by atoms with Gasteiger partial charge in [0, 0.05) is 17.8 Å². The Morgan fingerprint density at radius 1 is 1.33 bits per heavy atom. The first-order chi connectivity index (χ1) is 7.34. The van der Waals surface area contributed by atoms with Crippen LogP contribution in [0.15, 0.2) is 23.6 Å². The number of thiophene rings is 1. The van der Waals surface area contributed by atoms with Crippen molar-refractivity contribution < 1.29 is 4.79 Å². The van der Waals surface area contributed by atoms with E-state index < -0.39 is 0 Å². The third-order valence-corrected chi connectivity index (χ3v) is 3.48. The Labute approximate surface area is 91.1 Å². The maximum atomic E-state index is 11.6. The summed E-state index contributed by atoms with van der Waals surface area (Å²) in [6, 6.07) is 6.03. The van der Waals surface area contributed by atoms with Crippen molar-refractivity contribution in [1.29, 1.82) is 0 Å². The molecule has 3 rings (SSSR count). The predicted molar refractivity (Wildman–Crippen MR) is 60.1 cm³/mol. The van der Waals surface area contributed by atoms with Crippen molar-refractivity contribution in [1.82, 2.24) is 10.3 Å². The molecular weight excluding hydrogens is 208 g/mol. The van der Waals surface area contributed by atoms with E-state index in [1.165, 1.54) is 4.88 Å². The summed E-state index contributed by atoms with van der Waals surface area (Å²) in [5.74, 6) is 0.176. The van der Waals surface area contributed by atoms with Crippen molar-refractivity contribution >= 4 is 17.1 Å². The summed E-state index contributed by atoms with van der Waals surface area (Å²) in [5, 5.41) is 5.11. The number of Topliss-reactive ketones (excluding diaryl/α,β-unsaturated/α-hetero) is 1. The number of carbonyl (C=O) groups excluding carboxylic acids is 1. The minimum absolute atomic E-state index is 0.176. The highest BCUT2D eigenvalue weighted by Crippen LogP contribution is 2.27. The zero-order valence-corrected chi connectivity index (χ0v) is 8.86. The van der Waals surface area contributed by atoms with Crippen LogP contribution >= 0.6 is 11.3 Å². The van der Waals surface area contributed by atoms with Crippen LogP contribution in [0.3, 0.4) is 0 Å². The fraction of sp³-hybridized carbons (Fsp3) is 0.182. The average Bonchev–Trinajstić information content (AvgIpc) is 2.86. The van der Waals surface area contributed by atoms with Gasteiger partial charge in [-0.2, -0.15) is 0 Å². The summed E-state index contributed by atoms with van der Waals surface area (Å²) in [6.07, 6.45) is 0. The van der Waals surface area contributed by atoms with Crippen LogP contribution in [0.2, 0.25) is 0 Å². The van der Waals surface area contributed by atoms with E-state index in [2.05, 4.69) is 16.4 Å². The lowest BCUT2D eigenvalue weighted by Gasteiger charge is -2.10. The predicted octanol–water partition coefficient (Wildman–Crippen LogP) is 2.03. The molecule has 0 aromatic carbocycles. The van der Waals surface area contributed by atoms with Gasteiger partial charge in [-0.05, 0) is 17.5 Å². The molecule has 76 valence electrons. The van der Waals surface area contributed by atoms with Crippen LogP contribution < -0.4 is 5.32 Å². The molecule has 3 nitrogen and oxygen atoms in total. The zero-order valence-electron chi connectivity index (χ0n) is 8.04. The maximum Gasteiger partial charge on any atom is 0.178 e. The minimum atomic E-state index is 0.176. The Balaban J connectivity index is 2.09. The van der Waals surface area contributed by atoms with Gasteiger partial charge in [0.25, 0.3) is 0 Å². The van der Waals surface area contributed by atoms with Crippen molar-refractivity contribution in [3.63, 3.8) is 0 Å². The van der Waals surface area contributed by atoms with Gasteiger partial charge in [-0.1, -0.05) is 6.07 Å². The highest BCUT2D eigenvalue weighted by molar-refractivity contribution is 7.13. The number of hydrogen-bond donors (Lipinski definition) is 2. The molecule has 1 aliphatic heterocycles. The smallest absolute Gasteiger partial charge is 0.178 e. The first kappa shape index (κ1) is 8.88. The van der Waals surface area contributed by atoms with Crippen molar-refractivity contribution in [3.8, 4) is 10.6 Å². The second kappa shape index (κ2) is 3.32. The second-order valence-corrected chi connectivity index (χ2v) is 4.53. The van der Waals surface area contributed by atoms with Crippen LogP contribution in [0.1, 0.15) is 16.1 Å². The number of H-pyrrole nitrogens is 1. The molecule has 0 amide bonds. The number of carbonyl (C=O) groups is 1. The summed E-state index contributed by atoms with van der Waals surface area (Å²) in [4.78, 5) is 16.1. The van der Waals surface area contributed by atoms with Crippen molar-refractivity contribution in [2.45, 2.75) is 6.54 Å². The molecule has 3 heterocycles. The number of hydrogen-bond acceptors (Lipinski definition) is 3. The number of aromatic nitrogens is 1. The van der Waals surface area contributed by atoms with Crippen LogP contribution in [0, 0.1) is 0 Å². The highest BCUT2D eigenvalue weighted by atomic mass is 32.1. The van der Waals surface area contributed by atoms with E-state index in [4.69, 9.17) is 0 Å². The fourth-order valence-corrected chi connectivity index (χ4v) is 2.54. The Morgan fingerprint density at radius 3 is 3.00 bits per heavy atom. The van der Waals surface area contributed by atoms with Gasteiger partial charge in [0.1, 0.15) is 0 Å². The maximum absolute atomic E-state index is 11.6. The molecule has 2 aromatic rings. The Kier molecular flexibility index (Phi) is 1.97. The SMILES string of the molecule is O=C1CNCc2[nH]c(-c3cccs3)cc21. The van der Waals surface area contributed by atoms with E-state index in [-0.39, 0.29) is 5.78 Å². The molecule has 0 radical (unpaired) electrons. The standard InChI is InChI=1S/C11H10N2OS/c14-10-6-12-5-9-7(10)4-8(13-9)11-2-1-3-15-11/h1-4,12-13H,5-6H2. The number of fused-ring (bicyclic) bond motifs is 1. The average molecular weight is 218 g/mol. The summed E-state index contributed by atoms with van der Waals surface area (Å²) in [7, 11) is 0. The summed E-state index contributed by atoms with van der Waals surface area (Å²) < 4.78 is 0. The van der Waals surface area contributed by atoms with Crippen molar-refractivity contribution in [2.24, 2.45) is 0 Å². The summed E-state index contributed by atoms with van der Waals surface area (Å²) in [5.41, 5.74) is 2.90. The van der Waals surface area contributed by atoms with Crippen molar-refractivity contribution in [3.05, 3.63) is 34.8 Å². The molecule has 0 aliphatic carbocycles. The quantitative estimate of drug-likeness (QED) is 0.769. The normalized spacial score (nSPS) is 15.3. The van der Waals surface area contributed by atoms with Gasteiger partial charge in [-0.15, -0.1) is 11.3 Å². The van der Waals surface area contributed by atoms with Gasteiger partial charge in [0.05, 0.1) is 17.1 Å². The minimum Gasteiger partial charge on any atom is -0.356 e. The molecule has 0 saturated carbocycles. The molecule has 0 fully saturated rings. The van der Waals surface area contributed by atoms with E-state index in [1.807, 2.05) is 17.5 Å². The number of nitrogens with one attached hydrogen (secondary N) is 2. The number of aromatic amines is 1. The van der Waals surface area contributed by atoms with Crippen LogP contribution in [0.5, 0.6) is 0 Å².